The van der Waals surface area contributed by atoms with Gasteiger partial charge in [-0.05, 0) is 6.07 Å². The van der Waals surface area contributed by atoms with Crippen LogP contribution in [-0.4, -0.2) is 18.1 Å². The Labute approximate surface area is 97.6 Å². The standard InChI is InChI=1S/C9H7F5N2O2/c1-18-8(17)3-2-4(9(12,13)14)16-7(15)5(3)6(10)11/h2,6H,1H3,(H2,15,16). The van der Waals surface area contributed by atoms with Crippen LogP contribution in [0.4, 0.5) is 27.8 Å². The largest absolute Gasteiger partial charge is 0.465 e. The molecule has 0 aliphatic heterocycles. The third-order valence-corrected chi connectivity index (χ3v) is 2.00. The van der Waals surface area contributed by atoms with Crippen molar-refractivity contribution in [1.82, 2.24) is 4.98 Å². The molecule has 1 aromatic rings. The van der Waals surface area contributed by atoms with E-state index in [0.717, 1.165) is 7.11 Å². The molecule has 2 N–H and O–H groups in total. The van der Waals surface area contributed by atoms with Crippen molar-refractivity contribution in [3.8, 4) is 0 Å². The summed E-state index contributed by atoms with van der Waals surface area (Å²) in [4.78, 5) is 14.0. The van der Waals surface area contributed by atoms with Crippen molar-refractivity contribution in [1.29, 1.82) is 0 Å². The van der Waals surface area contributed by atoms with Gasteiger partial charge in [0.1, 0.15) is 11.5 Å². The zero-order valence-electron chi connectivity index (χ0n) is 8.89. The minimum absolute atomic E-state index is 0.184. The maximum atomic E-state index is 12.6. The maximum absolute atomic E-state index is 12.6. The smallest absolute Gasteiger partial charge is 0.433 e. The molecule has 0 aliphatic carbocycles. The van der Waals surface area contributed by atoms with Gasteiger partial charge in [-0.25, -0.2) is 18.6 Å². The van der Waals surface area contributed by atoms with Crippen LogP contribution in [0.25, 0.3) is 0 Å². The van der Waals surface area contributed by atoms with E-state index in [1.54, 1.807) is 0 Å². The number of methoxy groups -OCH3 is 1. The van der Waals surface area contributed by atoms with Crippen LogP contribution in [-0.2, 0) is 10.9 Å². The van der Waals surface area contributed by atoms with Gasteiger partial charge in [0.25, 0.3) is 6.43 Å². The number of nitrogens with two attached hydrogens (primary N) is 1. The lowest BCUT2D eigenvalue weighted by molar-refractivity contribution is -0.141. The molecule has 0 saturated heterocycles. The Balaban J connectivity index is 3.52. The van der Waals surface area contributed by atoms with E-state index < -0.39 is 41.2 Å². The lowest BCUT2D eigenvalue weighted by atomic mass is 10.1. The Hall–Kier alpha value is -1.93. The number of carbonyl (C=O) groups excluding carboxylic acids is 1. The molecule has 0 fully saturated rings. The highest BCUT2D eigenvalue weighted by atomic mass is 19.4. The van der Waals surface area contributed by atoms with Crippen molar-refractivity contribution in [2.45, 2.75) is 12.6 Å². The fourth-order valence-corrected chi connectivity index (χ4v) is 1.23. The molecule has 0 aromatic carbocycles. The van der Waals surface area contributed by atoms with Gasteiger partial charge < -0.3 is 10.5 Å². The van der Waals surface area contributed by atoms with Crippen molar-refractivity contribution >= 4 is 11.8 Å². The number of nitrogens with zero attached hydrogens (tertiary/aromatic N) is 1. The molecule has 1 aromatic heterocycles. The molecule has 0 atom stereocenters. The second-order valence-corrected chi connectivity index (χ2v) is 3.14. The molecule has 9 heteroatoms. The number of hydrogen-bond acceptors (Lipinski definition) is 4. The van der Waals surface area contributed by atoms with Crippen molar-refractivity contribution in [2.75, 3.05) is 12.8 Å². The van der Waals surface area contributed by atoms with Gasteiger partial charge in [0.15, 0.2) is 0 Å². The highest BCUT2D eigenvalue weighted by Gasteiger charge is 2.36. The predicted octanol–water partition coefficient (Wildman–Crippen LogP) is 2.41. The molecular formula is C9H7F5N2O2. The molecule has 0 spiro atoms. The summed E-state index contributed by atoms with van der Waals surface area (Å²) in [6, 6.07) is 0.184. The van der Waals surface area contributed by atoms with Crippen LogP contribution in [0.2, 0.25) is 0 Å². The average molecular weight is 270 g/mol. The second-order valence-electron chi connectivity index (χ2n) is 3.14. The van der Waals surface area contributed by atoms with E-state index >= 15 is 0 Å². The minimum atomic E-state index is -4.91. The van der Waals surface area contributed by atoms with E-state index in [4.69, 9.17) is 5.73 Å². The number of carbonyl (C=O) groups is 1. The van der Waals surface area contributed by atoms with Gasteiger partial charge in [0, 0.05) is 0 Å². The molecule has 4 nitrogen and oxygen atoms in total. The quantitative estimate of drug-likeness (QED) is 0.662. The molecule has 1 rings (SSSR count). The van der Waals surface area contributed by atoms with Crippen molar-refractivity contribution in [3.05, 3.63) is 22.9 Å². The molecule has 100 valence electrons. The zero-order chi connectivity index (χ0) is 14.1. The number of esters is 1. The third kappa shape index (κ3) is 2.66. The first-order valence-electron chi connectivity index (χ1n) is 4.42. The number of aromatic nitrogens is 1. The van der Waals surface area contributed by atoms with Gasteiger partial charge in [0.2, 0.25) is 0 Å². The highest BCUT2D eigenvalue weighted by molar-refractivity contribution is 5.92. The number of alkyl halides is 5. The summed E-state index contributed by atoms with van der Waals surface area (Å²) in [6.07, 6.45) is -8.15. The summed E-state index contributed by atoms with van der Waals surface area (Å²) in [5.74, 6) is -2.40. The van der Waals surface area contributed by atoms with Gasteiger partial charge >= 0.3 is 12.1 Å². The average Bonchev–Trinajstić information content (AvgIpc) is 2.25. The summed E-state index contributed by atoms with van der Waals surface area (Å²) in [7, 11) is 0.849. The Morgan fingerprint density at radius 2 is 2.00 bits per heavy atom. The fourth-order valence-electron chi connectivity index (χ4n) is 1.23. The Morgan fingerprint density at radius 1 is 1.44 bits per heavy atom. The monoisotopic (exact) mass is 270 g/mol. The molecule has 0 amide bonds. The number of hydrogen-bond donors (Lipinski definition) is 1. The molecule has 0 unspecified atom stereocenters. The molecule has 1 heterocycles. The van der Waals surface area contributed by atoms with Crippen LogP contribution < -0.4 is 5.73 Å². The van der Waals surface area contributed by atoms with E-state index in [1.165, 1.54) is 0 Å². The van der Waals surface area contributed by atoms with Gasteiger partial charge in [-0.2, -0.15) is 13.2 Å². The molecule has 0 radical (unpaired) electrons. The van der Waals surface area contributed by atoms with Crippen LogP contribution in [0.5, 0.6) is 0 Å². The number of anilines is 1. The molecular weight excluding hydrogens is 263 g/mol. The number of rotatable bonds is 2. The van der Waals surface area contributed by atoms with Gasteiger partial charge in [-0.1, -0.05) is 0 Å². The van der Waals surface area contributed by atoms with Gasteiger partial charge in [0.05, 0.1) is 18.2 Å². The van der Waals surface area contributed by atoms with Crippen LogP contribution >= 0.6 is 0 Å². The Morgan fingerprint density at radius 3 is 2.39 bits per heavy atom. The van der Waals surface area contributed by atoms with E-state index in [-0.39, 0.29) is 6.07 Å². The topological polar surface area (TPSA) is 65.2 Å². The summed E-state index contributed by atoms with van der Waals surface area (Å²) < 4.78 is 66.5. The Bertz CT molecular complexity index is 473. The van der Waals surface area contributed by atoms with Gasteiger partial charge in [-0.3, -0.25) is 0 Å². The lowest BCUT2D eigenvalue weighted by Gasteiger charge is -2.13. The van der Waals surface area contributed by atoms with Gasteiger partial charge in [-0.15, -0.1) is 0 Å². The highest BCUT2D eigenvalue weighted by Crippen LogP contribution is 2.34. The van der Waals surface area contributed by atoms with E-state index in [1.807, 2.05) is 0 Å². The van der Waals surface area contributed by atoms with Crippen molar-refractivity contribution < 1.29 is 31.5 Å². The number of pyridine rings is 1. The van der Waals surface area contributed by atoms with E-state index in [2.05, 4.69) is 9.72 Å². The van der Waals surface area contributed by atoms with Crippen molar-refractivity contribution in [2.24, 2.45) is 0 Å². The maximum Gasteiger partial charge on any atom is 0.433 e. The first kappa shape index (κ1) is 14.1. The lowest BCUT2D eigenvalue weighted by Crippen LogP contribution is -2.16. The SMILES string of the molecule is COC(=O)c1cc(C(F)(F)F)nc(N)c1C(F)F. The molecule has 0 bridgehead atoms. The summed E-state index contributed by atoms with van der Waals surface area (Å²) >= 11 is 0. The third-order valence-electron chi connectivity index (χ3n) is 2.00. The first-order chi connectivity index (χ1) is 8.18. The normalized spacial score (nSPS) is 11.7. The Kier molecular flexibility index (Phi) is 3.73. The summed E-state index contributed by atoms with van der Waals surface area (Å²) in [5, 5.41) is 0. The fraction of sp³-hybridized carbons (Fsp3) is 0.333. The summed E-state index contributed by atoms with van der Waals surface area (Å²) in [6.45, 7) is 0. The van der Waals surface area contributed by atoms with Crippen LogP contribution in [0.3, 0.4) is 0 Å². The molecule has 18 heavy (non-hydrogen) atoms. The minimum Gasteiger partial charge on any atom is -0.465 e. The number of ether oxygens (including phenoxy) is 1. The first-order valence-corrected chi connectivity index (χ1v) is 4.42. The van der Waals surface area contributed by atoms with Crippen molar-refractivity contribution in [3.63, 3.8) is 0 Å². The predicted molar refractivity (Wildman–Crippen MR) is 49.9 cm³/mol. The van der Waals surface area contributed by atoms with E-state index in [9.17, 15) is 26.7 Å². The summed E-state index contributed by atoms with van der Waals surface area (Å²) in [5.41, 5.74) is 1.45. The second kappa shape index (κ2) is 4.75. The number of nitrogen functional groups attached to an aromatic ring is 1. The zero-order valence-corrected chi connectivity index (χ0v) is 8.89. The number of halogens is 5. The van der Waals surface area contributed by atoms with E-state index in [0.29, 0.717) is 0 Å². The van der Waals surface area contributed by atoms with Crippen LogP contribution in [0, 0.1) is 0 Å². The molecule has 0 saturated carbocycles. The van der Waals surface area contributed by atoms with Crippen LogP contribution in [0.15, 0.2) is 6.07 Å². The molecule has 0 aliphatic rings. The van der Waals surface area contributed by atoms with Crippen LogP contribution in [0.1, 0.15) is 28.0 Å².